The second-order valence-electron chi connectivity index (χ2n) is 10.4. The van der Waals surface area contributed by atoms with Gasteiger partial charge < -0.3 is 20.1 Å². The predicted octanol–water partition coefficient (Wildman–Crippen LogP) is 5.75. The number of hydrogen-bond donors (Lipinski definition) is 2. The summed E-state index contributed by atoms with van der Waals surface area (Å²) in [6.07, 6.45) is 10.5. The Kier molecular flexibility index (Phi) is 9.78. The fraction of sp³-hybridized carbons (Fsp3) is 0.643. The molecule has 2 N–H and O–H groups in total. The van der Waals surface area contributed by atoms with Gasteiger partial charge in [-0.3, -0.25) is 4.98 Å². The molecule has 1 aliphatic carbocycles. The maximum absolute atomic E-state index is 6.58. The van der Waals surface area contributed by atoms with Crippen molar-refractivity contribution < 1.29 is 9.47 Å². The molecule has 4 rings (SSSR count). The number of hydrogen-bond acceptors (Lipinski definition) is 6. The Balaban J connectivity index is 1.34. The van der Waals surface area contributed by atoms with Crippen molar-refractivity contribution in [3.05, 3.63) is 41.2 Å². The quantitative estimate of drug-likeness (QED) is 0.405. The van der Waals surface area contributed by atoms with Crippen LogP contribution in [0.5, 0.6) is 0 Å². The number of halogens is 1. The molecule has 3 heterocycles. The van der Waals surface area contributed by atoms with E-state index in [1.165, 1.54) is 25.7 Å². The van der Waals surface area contributed by atoms with Gasteiger partial charge in [-0.1, -0.05) is 17.7 Å². The van der Waals surface area contributed by atoms with Crippen molar-refractivity contribution in [2.45, 2.75) is 77.0 Å². The standard InChI is InChI=1S/C28H41ClN4O2/c1-19-13-22(14-20(2)35-19)17-32-28-6-4-5-27(33-28)25-16-24(31-18-26(25)29)15-21-7-9-23(10-8-21)30-11-12-34-3/h4-6,16,18-23,30H,7-15,17H2,1-3H3,(H,32,33)/t19-,20+,21?,22?,23?. The van der Waals surface area contributed by atoms with Crippen LogP contribution in [0.25, 0.3) is 11.3 Å². The molecular weight excluding hydrogens is 460 g/mol. The lowest BCUT2D eigenvalue weighted by Gasteiger charge is -2.32. The molecule has 7 heteroatoms. The van der Waals surface area contributed by atoms with Crippen LogP contribution in [0.4, 0.5) is 5.82 Å². The lowest BCUT2D eigenvalue weighted by Crippen LogP contribution is -2.35. The van der Waals surface area contributed by atoms with E-state index in [2.05, 4.69) is 35.5 Å². The van der Waals surface area contributed by atoms with Crippen molar-refractivity contribution in [2.24, 2.45) is 11.8 Å². The van der Waals surface area contributed by atoms with E-state index >= 15 is 0 Å². The summed E-state index contributed by atoms with van der Waals surface area (Å²) in [4.78, 5) is 9.54. The van der Waals surface area contributed by atoms with E-state index in [0.717, 1.165) is 61.7 Å². The molecule has 2 aromatic heterocycles. The van der Waals surface area contributed by atoms with E-state index in [4.69, 9.17) is 26.1 Å². The molecule has 6 nitrogen and oxygen atoms in total. The number of pyridine rings is 2. The van der Waals surface area contributed by atoms with E-state index in [0.29, 0.717) is 35.1 Å². The lowest BCUT2D eigenvalue weighted by atomic mass is 9.83. The largest absolute Gasteiger partial charge is 0.383 e. The molecule has 0 spiro atoms. The second kappa shape index (κ2) is 13.0. The van der Waals surface area contributed by atoms with Crippen LogP contribution in [0, 0.1) is 11.8 Å². The first-order chi connectivity index (χ1) is 17.0. The van der Waals surface area contributed by atoms with Crippen molar-refractivity contribution in [1.29, 1.82) is 0 Å². The average Bonchev–Trinajstić information content (AvgIpc) is 2.85. The number of anilines is 1. The molecular formula is C28H41ClN4O2. The molecule has 192 valence electrons. The molecule has 1 unspecified atom stereocenters. The van der Waals surface area contributed by atoms with Crippen LogP contribution in [-0.2, 0) is 15.9 Å². The van der Waals surface area contributed by atoms with Gasteiger partial charge in [-0.05, 0) is 88.8 Å². The highest BCUT2D eigenvalue weighted by Gasteiger charge is 2.24. The predicted molar refractivity (Wildman–Crippen MR) is 143 cm³/mol. The summed E-state index contributed by atoms with van der Waals surface area (Å²) in [5, 5.41) is 7.81. The van der Waals surface area contributed by atoms with Crippen LogP contribution in [0.1, 0.15) is 58.1 Å². The Bertz CT molecular complexity index is 925. The van der Waals surface area contributed by atoms with E-state index in [-0.39, 0.29) is 0 Å². The molecule has 1 saturated carbocycles. The van der Waals surface area contributed by atoms with Crippen LogP contribution < -0.4 is 10.6 Å². The van der Waals surface area contributed by atoms with Gasteiger partial charge in [0.1, 0.15) is 5.82 Å². The van der Waals surface area contributed by atoms with Crippen LogP contribution in [0.15, 0.2) is 30.5 Å². The molecule has 0 aromatic carbocycles. The highest BCUT2D eigenvalue weighted by atomic mass is 35.5. The van der Waals surface area contributed by atoms with Gasteiger partial charge in [-0.25, -0.2) is 4.98 Å². The Morgan fingerprint density at radius 1 is 1.09 bits per heavy atom. The monoisotopic (exact) mass is 500 g/mol. The van der Waals surface area contributed by atoms with Crippen molar-refractivity contribution in [3.8, 4) is 11.3 Å². The van der Waals surface area contributed by atoms with E-state index in [9.17, 15) is 0 Å². The number of aromatic nitrogens is 2. The summed E-state index contributed by atoms with van der Waals surface area (Å²) in [6.45, 7) is 6.94. The summed E-state index contributed by atoms with van der Waals surface area (Å²) in [7, 11) is 1.75. The van der Waals surface area contributed by atoms with Gasteiger partial charge in [0.2, 0.25) is 0 Å². The van der Waals surface area contributed by atoms with Gasteiger partial charge in [0.25, 0.3) is 0 Å². The van der Waals surface area contributed by atoms with Crippen molar-refractivity contribution >= 4 is 17.4 Å². The molecule has 2 aliphatic rings. The smallest absolute Gasteiger partial charge is 0.126 e. The highest BCUT2D eigenvalue weighted by molar-refractivity contribution is 6.33. The summed E-state index contributed by atoms with van der Waals surface area (Å²) < 4.78 is 11.0. The average molecular weight is 501 g/mol. The Morgan fingerprint density at radius 2 is 1.86 bits per heavy atom. The van der Waals surface area contributed by atoms with Crippen LogP contribution >= 0.6 is 11.6 Å². The van der Waals surface area contributed by atoms with Crippen molar-refractivity contribution in [2.75, 3.05) is 32.1 Å². The van der Waals surface area contributed by atoms with Gasteiger partial charge in [0.05, 0.1) is 29.5 Å². The first kappa shape index (κ1) is 26.3. The van der Waals surface area contributed by atoms with Crippen LogP contribution in [0.2, 0.25) is 5.02 Å². The summed E-state index contributed by atoms with van der Waals surface area (Å²) >= 11 is 6.58. The third kappa shape index (κ3) is 7.88. The van der Waals surface area contributed by atoms with E-state index < -0.39 is 0 Å². The van der Waals surface area contributed by atoms with Crippen LogP contribution in [-0.4, -0.2) is 55.0 Å². The first-order valence-corrected chi connectivity index (χ1v) is 13.6. The topological polar surface area (TPSA) is 68.3 Å². The number of nitrogens with zero attached hydrogens (tertiary/aromatic N) is 2. The fourth-order valence-corrected chi connectivity index (χ4v) is 5.86. The minimum Gasteiger partial charge on any atom is -0.383 e. The normalized spacial score (nSPS) is 27.0. The van der Waals surface area contributed by atoms with Gasteiger partial charge in [0, 0.05) is 43.7 Å². The second-order valence-corrected chi connectivity index (χ2v) is 10.8. The minimum absolute atomic E-state index is 0.320. The SMILES string of the molecule is COCCNC1CCC(Cc2cc(-c3cccc(NCC4C[C@@H](C)O[C@@H](C)C4)n3)c(Cl)cn2)CC1. The molecule has 35 heavy (non-hydrogen) atoms. The third-order valence-corrected chi connectivity index (χ3v) is 7.69. The summed E-state index contributed by atoms with van der Waals surface area (Å²) in [5.41, 5.74) is 2.96. The highest BCUT2D eigenvalue weighted by Crippen LogP contribution is 2.31. The zero-order valence-electron chi connectivity index (χ0n) is 21.4. The summed E-state index contributed by atoms with van der Waals surface area (Å²) in [6, 6.07) is 8.87. The molecule has 0 bridgehead atoms. The Morgan fingerprint density at radius 3 is 2.60 bits per heavy atom. The number of nitrogens with one attached hydrogen (secondary N) is 2. The zero-order chi connectivity index (χ0) is 24.6. The first-order valence-electron chi connectivity index (χ1n) is 13.2. The fourth-order valence-electron chi connectivity index (χ4n) is 5.66. The Labute approximate surface area is 215 Å². The number of ether oxygens (including phenoxy) is 2. The maximum atomic E-state index is 6.58. The van der Waals surface area contributed by atoms with Crippen molar-refractivity contribution in [3.63, 3.8) is 0 Å². The van der Waals surface area contributed by atoms with Gasteiger partial charge in [-0.15, -0.1) is 0 Å². The van der Waals surface area contributed by atoms with Crippen molar-refractivity contribution in [1.82, 2.24) is 15.3 Å². The Hall–Kier alpha value is -1.73. The molecule has 2 fully saturated rings. The van der Waals surface area contributed by atoms with Gasteiger partial charge >= 0.3 is 0 Å². The number of methoxy groups -OCH3 is 1. The minimum atomic E-state index is 0.320. The molecule has 1 aliphatic heterocycles. The molecule has 0 radical (unpaired) electrons. The van der Waals surface area contributed by atoms with E-state index in [1.54, 1.807) is 13.3 Å². The van der Waals surface area contributed by atoms with Gasteiger partial charge in [-0.2, -0.15) is 0 Å². The zero-order valence-corrected chi connectivity index (χ0v) is 22.2. The van der Waals surface area contributed by atoms with Crippen LogP contribution in [0.3, 0.4) is 0 Å². The lowest BCUT2D eigenvalue weighted by molar-refractivity contribution is -0.0495. The molecule has 0 amide bonds. The molecule has 1 saturated heterocycles. The molecule has 3 atom stereocenters. The number of rotatable bonds is 10. The third-order valence-electron chi connectivity index (χ3n) is 7.39. The maximum Gasteiger partial charge on any atom is 0.126 e. The van der Waals surface area contributed by atoms with E-state index in [1.807, 2.05) is 18.2 Å². The van der Waals surface area contributed by atoms with Gasteiger partial charge in [0.15, 0.2) is 0 Å². The molecule has 2 aromatic rings. The summed E-state index contributed by atoms with van der Waals surface area (Å²) in [5.74, 6) is 2.16.